The Hall–Kier alpha value is -0.760. The smallest absolute Gasteiger partial charge is 0.110 e. The first-order valence-corrected chi connectivity index (χ1v) is 3.72. The summed E-state index contributed by atoms with van der Waals surface area (Å²) in [4.78, 5) is 9.87. The van der Waals surface area contributed by atoms with Crippen molar-refractivity contribution in [2.75, 3.05) is 20.2 Å². The van der Waals surface area contributed by atoms with Gasteiger partial charge in [0.05, 0.1) is 18.4 Å². The van der Waals surface area contributed by atoms with Crippen molar-refractivity contribution < 1.29 is 20.4 Å². The third kappa shape index (κ3) is 4.13. The topological polar surface area (TPSA) is 114 Å². The third-order valence-electron chi connectivity index (χ3n) is 1.57. The molecule has 0 aromatic carbocycles. The molecule has 0 fully saturated rings. The molecule has 0 saturated carbocycles. The molecule has 0 aliphatic carbocycles. The molecule has 0 aromatic heterocycles. The molecule has 0 rings (SSSR count). The van der Waals surface area contributed by atoms with Gasteiger partial charge in [-0.3, -0.25) is 5.01 Å². The van der Waals surface area contributed by atoms with Crippen LogP contribution in [-0.4, -0.2) is 63.9 Å². The van der Waals surface area contributed by atoms with E-state index in [2.05, 4.69) is 5.29 Å². The Morgan fingerprint density at radius 3 is 2.23 bits per heavy atom. The van der Waals surface area contributed by atoms with Crippen LogP contribution in [0, 0.1) is 4.91 Å². The number of aliphatic hydroxyl groups is 4. The van der Waals surface area contributed by atoms with Crippen molar-refractivity contribution in [2.45, 2.75) is 18.3 Å². The second-order valence-electron chi connectivity index (χ2n) is 2.73. The van der Waals surface area contributed by atoms with Crippen LogP contribution in [-0.2, 0) is 0 Å². The largest absolute Gasteiger partial charge is 0.394 e. The molecule has 0 heterocycles. The minimum atomic E-state index is -1.49. The van der Waals surface area contributed by atoms with E-state index in [-0.39, 0.29) is 6.54 Å². The van der Waals surface area contributed by atoms with Crippen LogP contribution in [0.2, 0.25) is 0 Å². The zero-order chi connectivity index (χ0) is 10.4. The Kier molecular flexibility index (Phi) is 5.47. The lowest BCUT2D eigenvalue weighted by molar-refractivity contribution is -0.0825. The molecule has 0 aliphatic heterocycles. The van der Waals surface area contributed by atoms with E-state index in [0.717, 1.165) is 5.01 Å². The summed E-state index contributed by atoms with van der Waals surface area (Å²) in [6.07, 6.45) is -4.24. The number of rotatable bonds is 6. The maximum Gasteiger partial charge on any atom is 0.110 e. The average Bonchev–Trinajstić information content (AvgIpc) is 2.14. The van der Waals surface area contributed by atoms with Gasteiger partial charge in [0, 0.05) is 7.05 Å². The van der Waals surface area contributed by atoms with Crippen molar-refractivity contribution in [1.29, 1.82) is 0 Å². The van der Waals surface area contributed by atoms with Gasteiger partial charge in [0.1, 0.15) is 18.3 Å². The van der Waals surface area contributed by atoms with Crippen LogP contribution < -0.4 is 0 Å². The minimum Gasteiger partial charge on any atom is -0.394 e. The van der Waals surface area contributed by atoms with Gasteiger partial charge in [-0.05, 0) is 0 Å². The van der Waals surface area contributed by atoms with E-state index in [0.29, 0.717) is 0 Å². The Morgan fingerprint density at radius 2 is 1.85 bits per heavy atom. The van der Waals surface area contributed by atoms with Crippen LogP contribution in [0.1, 0.15) is 0 Å². The molecule has 7 nitrogen and oxygen atoms in total. The Balaban J connectivity index is 3.94. The molecular weight excluding hydrogens is 180 g/mol. The Bertz CT molecular complexity index is 156. The first kappa shape index (κ1) is 12.2. The lowest BCUT2D eigenvalue weighted by Gasteiger charge is -2.23. The van der Waals surface area contributed by atoms with Crippen molar-refractivity contribution in [1.82, 2.24) is 5.01 Å². The molecule has 0 aromatic rings. The summed E-state index contributed by atoms with van der Waals surface area (Å²) in [5, 5.41) is 38.9. The SMILES string of the molecule is CN(C[C@H](O)[C@H](O)[C@H](O)CO)N=O. The summed E-state index contributed by atoms with van der Waals surface area (Å²) < 4.78 is 0. The van der Waals surface area contributed by atoms with E-state index in [1.54, 1.807) is 0 Å². The lowest BCUT2D eigenvalue weighted by atomic mass is 10.1. The zero-order valence-electron chi connectivity index (χ0n) is 7.24. The van der Waals surface area contributed by atoms with Gasteiger partial charge in [0.25, 0.3) is 0 Å². The first-order chi connectivity index (χ1) is 6.02. The van der Waals surface area contributed by atoms with E-state index in [1.807, 2.05) is 0 Å². The van der Waals surface area contributed by atoms with Gasteiger partial charge in [0.2, 0.25) is 0 Å². The summed E-state index contributed by atoms with van der Waals surface area (Å²) in [6.45, 7) is -0.863. The Morgan fingerprint density at radius 1 is 1.31 bits per heavy atom. The summed E-state index contributed by atoms with van der Waals surface area (Å²) in [5.41, 5.74) is 0. The van der Waals surface area contributed by atoms with Gasteiger partial charge in [-0.2, -0.15) is 0 Å². The summed E-state index contributed by atoms with van der Waals surface area (Å²) in [6, 6.07) is 0. The minimum absolute atomic E-state index is 0.207. The first-order valence-electron chi connectivity index (χ1n) is 3.72. The number of aliphatic hydroxyl groups excluding tert-OH is 4. The lowest BCUT2D eigenvalue weighted by Crippen LogP contribution is -2.44. The van der Waals surface area contributed by atoms with Crippen molar-refractivity contribution >= 4 is 0 Å². The molecule has 0 spiro atoms. The van der Waals surface area contributed by atoms with Crippen LogP contribution >= 0.6 is 0 Å². The van der Waals surface area contributed by atoms with Crippen LogP contribution in [0.15, 0.2) is 5.29 Å². The van der Waals surface area contributed by atoms with Gasteiger partial charge in [0.15, 0.2) is 0 Å². The number of hydrogen-bond acceptors (Lipinski definition) is 6. The van der Waals surface area contributed by atoms with Crippen LogP contribution in [0.4, 0.5) is 0 Å². The molecular formula is C6H14N2O5. The maximum absolute atomic E-state index is 9.87. The van der Waals surface area contributed by atoms with E-state index < -0.39 is 24.9 Å². The highest BCUT2D eigenvalue weighted by Crippen LogP contribution is 2.01. The number of nitrogens with zero attached hydrogens (tertiary/aromatic N) is 2. The van der Waals surface area contributed by atoms with E-state index in [9.17, 15) is 4.91 Å². The quantitative estimate of drug-likeness (QED) is 0.279. The molecule has 0 unspecified atom stereocenters. The van der Waals surface area contributed by atoms with Gasteiger partial charge in [-0.25, -0.2) is 0 Å². The molecule has 3 atom stereocenters. The molecule has 4 N–H and O–H groups in total. The summed E-state index contributed by atoms with van der Waals surface area (Å²) in [7, 11) is 1.31. The highest BCUT2D eigenvalue weighted by molar-refractivity contribution is 4.75. The van der Waals surface area contributed by atoms with Crippen LogP contribution in [0.5, 0.6) is 0 Å². The Labute approximate surface area is 75.2 Å². The van der Waals surface area contributed by atoms with Crippen molar-refractivity contribution in [2.24, 2.45) is 5.29 Å². The maximum atomic E-state index is 9.87. The highest BCUT2D eigenvalue weighted by Gasteiger charge is 2.24. The summed E-state index contributed by atoms with van der Waals surface area (Å²) >= 11 is 0. The van der Waals surface area contributed by atoms with Crippen LogP contribution in [0.25, 0.3) is 0 Å². The van der Waals surface area contributed by atoms with E-state index in [1.165, 1.54) is 7.05 Å². The number of hydrogen-bond donors (Lipinski definition) is 4. The normalized spacial score (nSPS) is 17.6. The number of nitroso groups, excluding NO2 is 1. The molecule has 13 heavy (non-hydrogen) atoms. The highest BCUT2D eigenvalue weighted by atomic mass is 16.4. The fraction of sp³-hybridized carbons (Fsp3) is 1.00. The molecule has 0 aliphatic rings. The fourth-order valence-electron chi connectivity index (χ4n) is 0.776. The van der Waals surface area contributed by atoms with Crippen molar-refractivity contribution in [3.05, 3.63) is 4.91 Å². The van der Waals surface area contributed by atoms with Gasteiger partial charge < -0.3 is 20.4 Å². The second-order valence-corrected chi connectivity index (χ2v) is 2.73. The zero-order valence-corrected chi connectivity index (χ0v) is 7.24. The second kappa shape index (κ2) is 5.81. The standard InChI is InChI=1S/C6H14N2O5/c1-8(7-13)2-4(10)6(12)5(11)3-9/h4-6,9-12H,2-3H2,1H3/t4-,5+,6-/m0/s1. The number of likely N-dealkylation sites (N-methyl/N-ethyl adjacent to an activating group) is 1. The molecule has 0 saturated heterocycles. The third-order valence-corrected chi connectivity index (χ3v) is 1.57. The average molecular weight is 194 g/mol. The predicted octanol–water partition coefficient (Wildman–Crippen LogP) is -2.33. The van der Waals surface area contributed by atoms with E-state index >= 15 is 0 Å². The molecule has 7 heteroatoms. The molecule has 0 amide bonds. The van der Waals surface area contributed by atoms with Crippen molar-refractivity contribution in [3.8, 4) is 0 Å². The predicted molar refractivity (Wildman–Crippen MR) is 43.5 cm³/mol. The summed E-state index contributed by atoms with van der Waals surface area (Å²) in [5.74, 6) is 0. The van der Waals surface area contributed by atoms with Gasteiger partial charge in [-0.1, -0.05) is 0 Å². The van der Waals surface area contributed by atoms with Crippen LogP contribution in [0.3, 0.4) is 0 Å². The monoisotopic (exact) mass is 194 g/mol. The molecule has 78 valence electrons. The van der Waals surface area contributed by atoms with Gasteiger partial charge in [-0.15, -0.1) is 4.91 Å². The van der Waals surface area contributed by atoms with Gasteiger partial charge >= 0.3 is 0 Å². The fourth-order valence-corrected chi connectivity index (χ4v) is 0.776. The van der Waals surface area contributed by atoms with Crippen molar-refractivity contribution in [3.63, 3.8) is 0 Å². The molecule has 0 radical (unpaired) electrons. The molecule has 0 bridgehead atoms. The van der Waals surface area contributed by atoms with E-state index in [4.69, 9.17) is 20.4 Å².